The molecule has 0 spiro atoms. The number of nitrogens with zero attached hydrogens (tertiary/aromatic N) is 2. The van der Waals surface area contributed by atoms with Gasteiger partial charge in [0.1, 0.15) is 0 Å². The molecule has 1 atom stereocenters. The first-order valence-corrected chi connectivity index (χ1v) is 7.60. The van der Waals surface area contributed by atoms with Gasteiger partial charge >= 0.3 is 0 Å². The SMILES string of the molecule is CCC1CCC(C(NN)c2c(Br)cnn2C)CC1. The molecule has 0 bridgehead atoms. The Hall–Kier alpha value is -0.390. The minimum absolute atomic E-state index is 0.199. The van der Waals surface area contributed by atoms with Gasteiger partial charge in [0.2, 0.25) is 0 Å². The third kappa shape index (κ3) is 2.78. The number of nitrogens with two attached hydrogens (primary N) is 1. The van der Waals surface area contributed by atoms with Crippen LogP contribution < -0.4 is 11.3 Å². The molecule has 1 aromatic rings. The van der Waals surface area contributed by atoms with Gasteiger partial charge in [-0.1, -0.05) is 26.2 Å². The fraction of sp³-hybridized carbons (Fsp3) is 0.769. The zero-order chi connectivity index (χ0) is 13.1. The Morgan fingerprint density at radius 2 is 2.17 bits per heavy atom. The molecule has 0 radical (unpaired) electrons. The Balaban J connectivity index is 2.10. The largest absolute Gasteiger partial charge is 0.271 e. The Morgan fingerprint density at radius 3 is 2.61 bits per heavy atom. The summed E-state index contributed by atoms with van der Waals surface area (Å²) < 4.78 is 2.96. The molecule has 5 heteroatoms. The van der Waals surface area contributed by atoms with E-state index in [0.29, 0.717) is 5.92 Å². The van der Waals surface area contributed by atoms with Crippen molar-refractivity contribution < 1.29 is 0 Å². The number of aryl methyl sites for hydroxylation is 1. The second-order valence-corrected chi connectivity index (χ2v) is 6.19. The van der Waals surface area contributed by atoms with Crippen LogP contribution in [0.15, 0.2) is 10.7 Å². The molecule has 0 aliphatic heterocycles. The topological polar surface area (TPSA) is 55.9 Å². The summed E-state index contributed by atoms with van der Waals surface area (Å²) >= 11 is 3.57. The Labute approximate surface area is 117 Å². The van der Waals surface area contributed by atoms with Crippen LogP contribution in [-0.4, -0.2) is 9.78 Å². The van der Waals surface area contributed by atoms with E-state index in [-0.39, 0.29) is 6.04 Å². The van der Waals surface area contributed by atoms with Gasteiger partial charge in [-0.05, 0) is 40.6 Å². The molecular formula is C13H23BrN4. The summed E-state index contributed by atoms with van der Waals surface area (Å²) in [6.07, 6.45) is 8.32. The lowest BCUT2D eigenvalue weighted by atomic mass is 9.77. The van der Waals surface area contributed by atoms with Crippen molar-refractivity contribution in [3.63, 3.8) is 0 Å². The fourth-order valence-corrected chi connectivity index (χ4v) is 3.73. The Bertz CT molecular complexity index is 363. The molecule has 1 heterocycles. The smallest absolute Gasteiger partial charge is 0.0708 e. The molecule has 102 valence electrons. The van der Waals surface area contributed by atoms with E-state index in [9.17, 15) is 0 Å². The van der Waals surface area contributed by atoms with Crippen LogP contribution in [0.25, 0.3) is 0 Å². The molecule has 1 fully saturated rings. The van der Waals surface area contributed by atoms with E-state index in [0.717, 1.165) is 16.1 Å². The minimum Gasteiger partial charge on any atom is -0.271 e. The summed E-state index contributed by atoms with van der Waals surface area (Å²) in [5, 5.41) is 4.29. The van der Waals surface area contributed by atoms with Crippen molar-refractivity contribution in [1.82, 2.24) is 15.2 Å². The molecular weight excluding hydrogens is 292 g/mol. The van der Waals surface area contributed by atoms with Gasteiger partial charge in [-0.25, -0.2) is 0 Å². The zero-order valence-electron chi connectivity index (χ0n) is 11.2. The number of rotatable bonds is 4. The average molecular weight is 315 g/mol. The molecule has 1 aromatic heterocycles. The summed E-state index contributed by atoms with van der Waals surface area (Å²) in [7, 11) is 1.97. The Kier molecular flexibility index (Phi) is 4.81. The molecule has 1 aliphatic rings. The third-order valence-corrected chi connectivity index (χ3v) is 4.96. The molecule has 2 rings (SSSR count). The maximum Gasteiger partial charge on any atom is 0.0708 e. The van der Waals surface area contributed by atoms with Crippen molar-refractivity contribution in [2.24, 2.45) is 24.7 Å². The first-order chi connectivity index (χ1) is 8.67. The lowest BCUT2D eigenvalue weighted by Gasteiger charge is -2.33. The highest BCUT2D eigenvalue weighted by atomic mass is 79.9. The molecule has 1 unspecified atom stereocenters. The van der Waals surface area contributed by atoms with E-state index in [4.69, 9.17) is 5.84 Å². The molecule has 18 heavy (non-hydrogen) atoms. The summed E-state index contributed by atoms with van der Waals surface area (Å²) in [5.74, 6) is 7.31. The maximum atomic E-state index is 5.79. The molecule has 4 nitrogen and oxygen atoms in total. The van der Waals surface area contributed by atoms with Gasteiger partial charge in [-0.2, -0.15) is 5.10 Å². The Morgan fingerprint density at radius 1 is 1.50 bits per heavy atom. The number of hydrazine groups is 1. The van der Waals surface area contributed by atoms with Crippen LogP contribution in [0.3, 0.4) is 0 Å². The summed E-state index contributed by atoms with van der Waals surface area (Å²) in [6.45, 7) is 2.29. The highest BCUT2D eigenvalue weighted by molar-refractivity contribution is 9.10. The van der Waals surface area contributed by atoms with Gasteiger partial charge in [-0.15, -0.1) is 0 Å². The lowest BCUT2D eigenvalue weighted by molar-refractivity contribution is 0.214. The number of nitrogens with one attached hydrogen (secondary N) is 1. The van der Waals surface area contributed by atoms with Crippen LogP contribution in [-0.2, 0) is 7.05 Å². The quantitative estimate of drug-likeness (QED) is 0.663. The van der Waals surface area contributed by atoms with Crippen molar-refractivity contribution in [2.45, 2.75) is 45.1 Å². The maximum absolute atomic E-state index is 5.79. The van der Waals surface area contributed by atoms with E-state index in [1.54, 1.807) is 0 Å². The first-order valence-electron chi connectivity index (χ1n) is 6.80. The lowest BCUT2D eigenvalue weighted by Crippen LogP contribution is -2.36. The summed E-state index contributed by atoms with van der Waals surface area (Å²) in [6, 6.07) is 0.199. The van der Waals surface area contributed by atoms with Crippen LogP contribution in [0.1, 0.15) is 50.8 Å². The van der Waals surface area contributed by atoms with Crippen molar-refractivity contribution in [1.29, 1.82) is 0 Å². The van der Waals surface area contributed by atoms with Crippen molar-refractivity contribution in [3.05, 3.63) is 16.4 Å². The highest BCUT2D eigenvalue weighted by Crippen LogP contribution is 2.39. The number of hydrogen-bond acceptors (Lipinski definition) is 3. The van der Waals surface area contributed by atoms with Crippen molar-refractivity contribution in [2.75, 3.05) is 0 Å². The molecule has 0 amide bonds. The van der Waals surface area contributed by atoms with Crippen LogP contribution in [0.5, 0.6) is 0 Å². The van der Waals surface area contributed by atoms with Crippen LogP contribution in [0.2, 0.25) is 0 Å². The summed E-state index contributed by atoms with van der Waals surface area (Å²) in [5.41, 5.74) is 4.16. The summed E-state index contributed by atoms with van der Waals surface area (Å²) in [4.78, 5) is 0. The second kappa shape index (κ2) is 6.17. The van der Waals surface area contributed by atoms with E-state index < -0.39 is 0 Å². The van der Waals surface area contributed by atoms with Gasteiger partial charge in [0, 0.05) is 7.05 Å². The highest BCUT2D eigenvalue weighted by Gasteiger charge is 2.30. The van der Waals surface area contributed by atoms with Gasteiger partial charge in [-0.3, -0.25) is 16.0 Å². The second-order valence-electron chi connectivity index (χ2n) is 5.33. The van der Waals surface area contributed by atoms with Gasteiger partial charge in [0.05, 0.1) is 22.4 Å². The van der Waals surface area contributed by atoms with Crippen molar-refractivity contribution >= 4 is 15.9 Å². The minimum atomic E-state index is 0.199. The molecule has 1 saturated carbocycles. The number of aromatic nitrogens is 2. The number of hydrogen-bond donors (Lipinski definition) is 2. The normalized spacial score (nSPS) is 26.2. The van der Waals surface area contributed by atoms with Gasteiger partial charge < -0.3 is 0 Å². The predicted octanol–water partition coefficient (Wildman–Crippen LogP) is 2.90. The van der Waals surface area contributed by atoms with E-state index in [2.05, 4.69) is 33.4 Å². The molecule has 0 aromatic carbocycles. The van der Waals surface area contributed by atoms with E-state index >= 15 is 0 Å². The first kappa shape index (κ1) is 14.0. The van der Waals surface area contributed by atoms with Crippen LogP contribution in [0, 0.1) is 11.8 Å². The molecule has 3 N–H and O–H groups in total. The average Bonchev–Trinajstić information content (AvgIpc) is 2.72. The van der Waals surface area contributed by atoms with E-state index in [1.807, 2.05) is 17.9 Å². The van der Waals surface area contributed by atoms with Crippen LogP contribution in [0.4, 0.5) is 0 Å². The monoisotopic (exact) mass is 314 g/mol. The molecule has 1 aliphatic carbocycles. The van der Waals surface area contributed by atoms with Crippen LogP contribution >= 0.6 is 15.9 Å². The predicted molar refractivity (Wildman–Crippen MR) is 76.7 cm³/mol. The van der Waals surface area contributed by atoms with E-state index in [1.165, 1.54) is 32.1 Å². The van der Waals surface area contributed by atoms with Gasteiger partial charge in [0.15, 0.2) is 0 Å². The van der Waals surface area contributed by atoms with Crippen molar-refractivity contribution in [3.8, 4) is 0 Å². The fourth-order valence-electron chi connectivity index (χ4n) is 3.14. The number of halogens is 1. The third-order valence-electron chi connectivity index (χ3n) is 4.35. The standard InChI is InChI=1S/C13H23BrN4/c1-3-9-4-6-10(7-5-9)12(17-15)13-11(14)8-16-18(13)2/h8-10,12,17H,3-7,15H2,1-2H3. The van der Waals surface area contributed by atoms with Gasteiger partial charge in [0.25, 0.3) is 0 Å². The zero-order valence-corrected chi connectivity index (χ0v) is 12.8. The molecule has 0 saturated heterocycles.